The number of fused-ring (bicyclic) bond motifs is 1. The topological polar surface area (TPSA) is 73.8 Å². The van der Waals surface area contributed by atoms with Crippen LogP contribution in [0, 0.1) is 0 Å². The Hall–Kier alpha value is -2.28. The number of nitrogens with zero attached hydrogens (tertiary/aromatic N) is 3. The SMILES string of the molecule is CCOc1cc2ncnc(Cl)c2cc1OC1CCN(C(=O)OC(C)(C)C)CC1. The van der Waals surface area contributed by atoms with E-state index in [9.17, 15) is 4.79 Å². The molecule has 0 saturated carbocycles. The number of halogens is 1. The van der Waals surface area contributed by atoms with Crippen molar-refractivity contribution in [3.8, 4) is 11.5 Å². The first-order chi connectivity index (χ1) is 13.3. The van der Waals surface area contributed by atoms with Gasteiger partial charge < -0.3 is 19.1 Å². The number of likely N-dealkylation sites (tertiary alicyclic amines) is 1. The average molecular weight is 408 g/mol. The van der Waals surface area contributed by atoms with E-state index in [0.29, 0.717) is 60.1 Å². The molecule has 0 bridgehead atoms. The lowest BCUT2D eigenvalue weighted by atomic mass is 10.1. The third kappa shape index (κ3) is 4.95. The number of aromatic nitrogens is 2. The molecular weight excluding hydrogens is 382 g/mol. The Balaban J connectivity index is 1.70. The summed E-state index contributed by atoms with van der Waals surface area (Å²) < 4.78 is 17.4. The van der Waals surface area contributed by atoms with Crippen molar-refractivity contribution >= 4 is 28.6 Å². The molecule has 3 rings (SSSR count). The number of carbonyl (C=O) groups excluding carboxylic acids is 1. The molecule has 1 fully saturated rings. The van der Waals surface area contributed by atoms with Crippen LogP contribution in [-0.2, 0) is 4.74 Å². The van der Waals surface area contributed by atoms with Gasteiger partial charge in [-0.1, -0.05) is 11.6 Å². The second kappa shape index (κ2) is 8.39. The normalized spacial score (nSPS) is 15.5. The van der Waals surface area contributed by atoms with Gasteiger partial charge in [0.05, 0.1) is 12.1 Å². The molecule has 1 saturated heterocycles. The second-order valence-electron chi connectivity index (χ2n) is 7.70. The van der Waals surface area contributed by atoms with Gasteiger partial charge in [0, 0.05) is 37.4 Å². The summed E-state index contributed by atoms with van der Waals surface area (Å²) in [5, 5.41) is 1.09. The maximum absolute atomic E-state index is 12.2. The van der Waals surface area contributed by atoms with Gasteiger partial charge in [-0.05, 0) is 33.8 Å². The zero-order chi connectivity index (χ0) is 20.3. The molecule has 28 heavy (non-hydrogen) atoms. The second-order valence-corrected chi connectivity index (χ2v) is 8.06. The Labute approximate surface area is 169 Å². The van der Waals surface area contributed by atoms with Gasteiger partial charge in [0.25, 0.3) is 0 Å². The molecule has 1 aliphatic heterocycles. The van der Waals surface area contributed by atoms with Crippen molar-refractivity contribution in [2.24, 2.45) is 0 Å². The summed E-state index contributed by atoms with van der Waals surface area (Å²) >= 11 is 6.20. The van der Waals surface area contributed by atoms with E-state index in [4.69, 9.17) is 25.8 Å². The van der Waals surface area contributed by atoms with Crippen LogP contribution in [0.4, 0.5) is 4.79 Å². The molecule has 8 heteroatoms. The fraction of sp³-hybridized carbons (Fsp3) is 0.550. The summed E-state index contributed by atoms with van der Waals surface area (Å²) in [7, 11) is 0. The zero-order valence-electron chi connectivity index (χ0n) is 16.7. The highest BCUT2D eigenvalue weighted by Crippen LogP contribution is 2.35. The van der Waals surface area contributed by atoms with Crippen molar-refractivity contribution in [3.63, 3.8) is 0 Å². The van der Waals surface area contributed by atoms with Crippen molar-refractivity contribution in [1.29, 1.82) is 0 Å². The lowest BCUT2D eigenvalue weighted by Crippen LogP contribution is -2.44. The van der Waals surface area contributed by atoms with E-state index in [0.717, 1.165) is 0 Å². The third-order valence-corrected chi connectivity index (χ3v) is 4.64. The highest BCUT2D eigenvalue weighted by atomic mass is 35.5. The highest BCUT2D eigenvalue weighted by molar-refractivity contribution is 6.34. The standard InChI is InChI=1S/C20H26ClN3O4/c1-5-26-16-11-15-14(18(21)23-12-22-15)10-17(16)27-13-6-8-24(9-7-13)19(25)28-20(2,3)4/h10-13H,5-9H2,1-4H3. The minimum Gasteiger partial charge on any atom is -0.490 e. The van der Waals surface area contributed by atoms with Crippen LogP contribution in [0.25, 0.3) is 10.9 Å². The summed E-state index contributed by atoms with van der Waals surface area (Å²) in [5.41, 5.74) is 0.207. The number of piperidine rings is 1. The van der Waals surface area contributed by atoms with Crippen molar-refractivity contribution in [2.45, 2.75) is 52.2 Å². The number of hydrogen-bond acceptors (Lipinski definition) is 6. The average Bonchev–Trinajstić information content (AvgIpc) is 2.62. The Morgan fingerprint density at radius 2 is 1.93 bits per heavy atom. The van der Waals surface area contributed by atoms with Crippen LogP contribution in [-0.4, -0.2) is 52.4 Å². The van der Waals surface area contributed by atoms with Gasteiger partial charge in [0.2, 0.25) is 0 Å². The maximum atomic E-state index is 12.2. The smallest absolute Gasteiger partial charge is 0.410 e. The van der Waals surface area contributed by atoms with Crippen LogP contribution in [0.5, 0.6) is 11.5 Å². The molecule has 1 amide bonds. The van der Waals surface area contributed by atoms with Crippen LogP contribution in [0.1, 0.15) is 40.5 Å². The van der Waals surface area contributed by atoms with Crippen molar-refractivity contribution in [1.82, 2.24) is 14.9 Å². The van der Waals surface area contributed by atoms with Crippen LogP contribution >= 0.6 is 11.6 Å². The molecule has 0 spiro atoms. The van der Waals surface area contributed by atoms with Gasteiger partial charge in [0.15, 0.2) is 11.5 Å². The molecule has 0 atom stereocenters. The molecule has 1 aromatic heterocycles. The molecule has 0 radical (unpaired) electrons. The van der Waals surface area contributed by atoms with Crippen molar-refractivity contribution in [2.75, 3.05) is 19.7 Å². The van der Waals surface area contributed by atoms with Crippen molar-refractivity contribution in [3.05, 3.63) is 23.6 Å². The minimum atomic E-state index is -0.497. The Morgan fingerprint density at radius 1 is 1.21 bits per heavy atom. The summed E-state index contributed by atoms with van der Waals surface area (Å²) in [6, 6.07) is 3.64. The predicted octanol–water partition coefficient (Wildman–Crippen LogP) is 4.46. The van der Waals surface area contributed by atoms with Crippen LogP contribution < -0.4 is 9.47 Å². The molecule has 1 aliphatic rings. The number of benzene rings is 1. The van der Waals surface area contributed by atoms with E-state index in [1.807, 2.05) is 39.8 Å². The van der Waals surface area contributed by atoms with Crippen molar-refractivity contribution < 1.29 is 19.0 Å². The van der Waals surface area contributed by atoms with E-state index < -0.39 is 5.60 Å². The summed E-state index contributed by atoms with van der Waals surface area (Å²) in [4.78, 5) is 22.2. The van der Waals surface area contributed by atoms with Gasteiger partial charge >= 0.3 is 6.09 Å². The van der Waals surface area contributed by atoms with Gasteiger partial charge in [0.1, 0.15) is 23.2 Å². The first-order valence-corrected chi connectivity index (χ1v) is 9.86. The van der Waals surface area contributed by atoms with Crippen LogP contribution in [0.15, 0.2) is 18.5 Å². The molecule has 0 aliphatic carbocycles. The summed E-state index contributed by atoms with van der Waals surface area (Å²) in [6.07, 6.45) is 2.53. The first kappa shape index (κ1) is 20.5. The predicted molar refractivity (Wildman–Crippen MR) is 107 cm³/mol. The minimum absolute atomic E-state index is 0.0289. The number of ether oxygens (including phenoxy) is 3. The van der Waals surface area contributed by atoms with E-state index in [1.54, 1.807) is 4.90 Å². The molecule has 0 N–H and O–H groups in total. The third-order valence-electron chi connectivity index (χ3n) is 4.34. The molecule has 2 aromatic rings. The van der Waals surface area contributed by atoms with E-state index in [-0.39, 0.29) is 12.2 Å². The molecule has 0 unspecified atom stereocenters. The fourth-order valence-corrected chi connectivity index (χ4v) is 3.25. The Morgan fingerprint density at radius 3 is 2.57 bits per heavy atom. The summed E-state index contributed by atoms with van der Waals surface area (Å²) in [5.74, 6) is 1.24. The first-order valence-electron chi connectivity index (χ1n) is 9.48. The lowest BCUT2D eigenvalue weighted by molar-refractivity contribution is 0.0124. The molecule has 1 aromatic carbocycles. The van der Waals surface area contributed by atoms with Crippen LogP contribution in [0.2, 0.25) is 5.15 Å². The number of carbonyl (C=O) groups is 1. The van der Waals surface area contributed by atoms with Gasteiger partial charge in [-0.2, -0.15) is 0 Å². The Kier molecular flexibility index (Phi) is 6.13. The molecular formula is C20H26ClN3O4. The molecule has 2 heterocycles. The van der Waals surface area contributed by atoms with Gasteiger partial charge in [-0.25, -0.2) is 14.8 Å². The van der Waals surface area contributed by atoms with E-state index in [1.165, 1.54) is 6.33 Å². The Bertz CT molecular complexity index is 845. The number of amides is 1. The number of hydrogen-bond donors (Lipinski definition) is 0. The fourth-order valence-electron chi connectivity index (χ4n) is 3.06. The summed E-state index contributed by atoms with van der Waals surface area (Å²) in [6.45, 7) is 9.19. The van der Waals surface area contributed by atoms with E-state index in [2.05, 4.69) is 9.97 Å². The monoisotopic (exact) mass is 407 g/mol. The quantitative estimate of drug-likeness (QED) is 0.696. The lowest BCUT2D eigenvalue weighted by Gasteiger charge is -2.33. The van der Waals surface area contributed by atoms with Crippen LogP contribution in [0.3, 0.4) is 0 Å². The largest absolute Gasteiger partial charge is 0.490 e. The van der Waals surface area contributed by atoms with Gasteiger partial charge in [-0.15, -0.1) is 0 Å². The van der Waals surface area contributed by atoms with E-state index >= 15 is 0 Å². The number of rotatable bonds is 4. The molecule has 152 valence electrons. The highest BCUT2D eigenvalue weighted by Gasteiger charge is 2.28. The molecule has 7 nitrogen and oxygen atoms in total. The maximum Gasteiger partial charge on any atom is 0.410 e. The zero-order valence-corrected chi connectivity index (χ0v) is 17.5. The van der Waals surface area contributed by atoms with Gasteiger partial charge in [-0.3, -0.25) is 0 Å².